The van der Waals surface area contributed by atoms with Gasteiger partial charge < -0.3 is 5.11 Å². The molecule has 3 rings (SSSR count). The summed E-state index contributed by atoms with van der Waals surface area (Å²) in [6.07, 6.45) is 1.05. The first kappa shape index (κ1) is 15.2. The third-order valence-electron chi connectivity index (χ3n) is 4.21. The van der Waals surface area contributed by atoms with Gasteiger partial charge in [0.1, 0.15) is 11.4 Å². The molecule has 0 aromatic heterocycles. The number of aromatic hydroxyl groups is 1. The van der Waals surface area contributed by atoms with Crippen LogP contribution in [0.4, 0.5) is 11.4 Å². The van der Waals surface area contributed by atoms with Gasteiger partial charge in [-0.05, 0) is 41.5 Å². The van der Waals surface area contributed by atoms with E-state index in [0.717, 1.165) is 28.4 Å². The maximum atomic E-state index is 10.0. The van der Waals surface area contributed by atoms with E-state index in [1.807, 2.05) is 42.5 Å². The SMILES string of the molecule is CCC(C)c1ccc(O)c(N=Nc2cccc3ccccc23)c1. The standard InChI is InChI=1S/C20H20N2O/c1-3-14(2)16-11-12-20(23)19(13-16)22-21-18-10-6-8-15-7-4-5-9-17(15)18/h4-14,23H,3H2,1-2H3. The molecule has 1 unspecified atom stereocenters. The van der Waals surface area contributed by atoms with Crippen LogP contribution in [0.2, 0.25) is 0 Å². The lowest BCUT2D eigenvalue weighted by molar-refractivity contribution is 0.476. The monoisotopic (exact) mass is 304 g/mol. The van der Waals surface area contributed by atoms with E-state index in [0.29, 0.717) is 11.6 Å². The van der Waals surface area contributed by atoms with Gasteiger partial charge in [0.05, 0.1) is 5.69 Å². The molecule has 0 aliphatic rings. The van der Waals surface area contributed by atoms with Crippen molar-refractivity contribution in [2.24, 2.45) is 10.2 Å². The van der Waals surface area contributed by atoms with Crippen LogP contribution in [0.5, 0.6) is 5.75 Å². The summed E-state index contributed by atoms with van der Waals surface area (Å²) in [5, 5.41) is 20.8. The van der Waals surface area contributed by atoms with Crippen LogP contribution in [0.1, 0.15) is 31.7 Å². The van der Waals surface area contributed by atoms with Crippen LogP contribution >= 0.6 is 0 Å². The van der Waals surface area contributed by atoms with E-state index >= 15 is 0 Å². The normalized spacial score (nSPS) is 12.8. The lowest BCUT2D eigenvalue weighted by Crippen LogP contribution is -1.90. The van der Waals surface area contributed by atoms with Gasteiger partial charge in [-0.15, -0.1) is 10.2 Å². The number of nitrogens with zero attached hydrogens (tertiary/aromatic N) is 2. The van der Waals surface area contributed by atoms with Gasteiger partial charge in [0.2, 0.25) is 0 Å². The van der Waals surface area contributed by atoms with Gasteiger partial charge in [-0.3, -0.25) is 0 Å². The molecule has 3 aromatic rings. The van der Waals surface area contributed by atoms with E-state index in [1.54, 1.807) is 6.07 Å². The Labute approximate surface area is 136 Å². The van der Waals surface area contributed by atoms with Crippen LogP contribution in [0, 0.1) is 0 Å². The maximum Gasteiger partial charge on any atom is 0.143 e. The number of fused-ring (bicyclic) bond motifs is 1. The molecule has 0 heterocycles. The van der Waals surface area contributed by atoms with Crippen LogP contribution in [-0.2, 0) is 0 Å². The average Bonchev–Trinajstić information content (AvgIpc) is 2.60. The fourth-order valence-corrected chi connectivity index (χ4v) is 2.57. The largest absolute Gasteiger partial charge is 0.506 e. The fourth-order valence-electron chi connectivity index (χ4n) is 2.57. The molecule has 0 saturated heterocycles. The number of hydrogen-bond donors (Lipinski definition) is 1. The second-order valence-electron chi connectivity index (χ2n) is 5.76. The molecule has 0 fully saturated rings. The summed E-state index contributed by atoms with van der Waals surface area (Å²) in [6.45, 7) is 4.31. The summed E-state index contributed by atoms with van der Waals surface area (Å²) < 4.78 is 0. The fraction of sp³-hybridized carbons (Fsp3) is 0.200. The molecule has 0 spiro atoms. The van der Waals surface area contributed by atoms with Crippen molar-refractivity contribution in [3.8, 4) is 5.75 Å². The van der Waals surface area contributed by atoms with Crippen molar-refractivity contribution in [2.75, 3.05) is 0 Å². The highest BCUT2D eigenvalue weighted by molar-refractivity contribution is 5.92. The molecule has 3 nitrogen and oxygen atoms in total. The predicted octanol–water partition coefficient (Wildman–Crippen LogP) is 6.47. The summed E-state index contributed by atoms with van der Waals surface area (Å²) >= 11 is 0. The van der Waals surface area contributed by atoms with Crippen molar-refractivity contribution in [1.82, 2.24) is 0 Å². The minimum Gasteiger partial charge on any atom is -0.506 e. The Hall–Kier alpha value is -2.68. The van der Waals surface area contributed by atoms with Crippen LogP contribution < -0.4 is 0 Å². The Morgan fingerprint density at radius 3 is 2.48 bits per heavy atom. The molecule has 23 heavy (non-hydrogen) atoms. The third kappa shape index (κ3) is 3.24. The zero-order valence-electron chi connectivity index (χ0n) is 13.4. The predicted molar refractivity (Wildman–Crippen MR) is 94.9 cm³/mol. The maximum absolute atomic E-state index is 10.0. The summed E-state index contributed by atoms with van der Waals surface area (Å²) in [6, 6.07) is 19.6. The summed E-state index contributed by atoms with van der Waals surface area (Å²) in [5.41, 5.74) is 2.48. The van der Waals surface area contributed by atoms with E-state index in [1.165, 1.54) is 0 Å². The van der Waals surface area contributed by atoms with Crippen LogP contribution in [0.3, 0.4) is 0 Å². The van der Waals surface area contributed by atoms with E-state index in [9.17, 15) is 5.11 Å². The molecule has 0 aliphatic heterocycles. The first-order chi connectivity index (χ1) is 11.2. The van der Waals surface area contributed by atoms with Crippen molar-refractivity contribution < 1.29 is 5.11 Å². The Morgan fingerprint density at radius 1 is 0.913 bits per heavy atom. The molecule has 3 heteroatoms. The third-order valence-corrected chi connectivity index (χ3v) is 4.21. The second kappa shape index (κ2) is 6.61. The zero-order chi connectivity index (χ0) is 16.2. The van der Waals surface area contributed by atoms with E-state index in [2.05, 4.69) is 36.2 Å². The quantitative estimate of drug-likeness (QED) is 0.551. The summed E-state index contributed by atoms with van der Waals surface area (Å²) in [7, 11) is 0. The molecule has 1 N–H and O–H groups in total. The Morgan fingerprint density at radius 2 is 1.65 bits per heavy atom. The number of rotatable bonds is 4. The van der Waals surface area contributed by atoms with Gasteiger partial charge in [-0.2, -0.15) is 0 Å². The highest BCUT2D eigenvalue weighted by Crippen LogP contribution is 2.33. The van der Waals surface area contributed by atoms with E-state index < -0.39 is 0 Å². The molecule has 0 aliphatic carbocycles. The van der Waals surface area contributed by atoms with Crippen LogP contribution in [-0.4, -0.2) is 5.11 Å². The van der Waals surface area contributed by atoms with Crippen molar-refractivity contribution >= 4 is 22.1 Å². The van der Waals surface area contributed by atoms with Crippen molar-refractivity contribution in [2.45, 2.75) is 26.2 Å². The lowest BCUT2D eigenvalue weighted by atomic mass is 9.98. The van der Waals surface area contributed by atoms with Gasteiger partial charge in [-0.25, -0.2) is 0 Å². The Kier molecular flexibility index (Phi) is 4.38. The van der Waals surface area contributed by atoms with Gasteiger partial charge >= 0.3 is 0 Å². The zero-order valence-corrected chi connectivity index (χ0v) is 13.4. The molecule has 116 valence electrons. The van der Waals surface area contributed by atoms with Gasteiger partial charge in [0.15, 0.2) is 0 Å². The second-order valence-corrected chi connectivity index (χ2v) is 5.76. The molecular weight excluding hydrogens is 284 g/mol. The molecule has 0 bridgehead atoms. The Balaban J connectivity index is 1.99. The van der Waals surface area contributed by atoms with Gasteiger partial charge in [0, 0.05) is 5.39 Å². The Bertz CT molecular complexity index is 850. The molecule has 0 amide bonds. The molecule has 3 aromatic carbocycles. The van der Waals surface area contributed by atoms with Crippen LogP contribution in [0.25, 0.3) is 10.8 Å². The molecule has 1 atom stereocenters. The van der Waals surface area contributed by atoms with Gasteiger partial charge in [0.25, 0.3) is 0 Å². The number of hydrogen-bond acceptors (Lipinski definition) is 3. The highest BCUT2D eigenvalue weighted by atomic mass is 16.3. The van der Waals surface area contributed by atoms with E-state index in [-0.39, 0.29) is 5.75 Å². The minimum atomic E-state index is 0.154. The first-order valence-corrected chi connectivity index (χ1v) is 7.91. The smallest absolute Gasteiger partial charge is 0.143 e. The number of benzene rings is 3. The average molecular weight is 304 g/mol. The van der Waals surface area contributed by atoms with E-state index in [4.69, 9.17) is 0 Å². The summed E-state index contributed by atoms with van der Waals surface area (Å²) in [4.78, 5) is 0. The lowest BCUT2D eigenvalue weighted by Gasteiger charge is -2.09. The molecule has 0 saturated carbocycles. The summed E-state index contributed by atoms with van der Waals surface area (Å²) in [5.74, 6) is 0.586. The van der Waals surface area contributed by atoms with Gasteiger partial charge in [-0.1, -0.05) is 56.3 Å². The molecular formula is C20H20N2O. The highest BCUT2D eigenvalue weighted by Gasteiger charge is 2.07. The van der Waals surface area contributed by atoms with Crippen molar-refractivity contribution in [1.29, 1.82) is 0 Å². The number of phenols is 1. The first-order valence-electron chi connectivity index (χ1n) is 7.91. The van der Waals surface area contributed by atoms with Crippen molar-refractivity contribution in [3.05, 3.63) is 66.2 Å². The van der Waals surface area contributed by atoms with Crippen molar-refractivity contribution in [3.63, 3.8) is 0 Å². The number of phenolic OH excluding ortho intramolecular Hbond substituents is 1. The number of azo groups is 1. The molecule has 0 radical (unpaired) electrons. The van der Waals surface area contributed by atoms with Crippen LogP contribution in [0.15, 0.2) is 70.9 Å². The minimum absolute atomic E-state index is 0.154. The topological polar surface area (TPSA) is 45.0 Å².